The summed E-state index contributed by atoms with van der Waals surface area (Å²) < 4.78 is 1.69. The molecule has 1 aliphatic rings. The Labute approximate surface area is 171 Å². The van der Waals surface area contributed by atoms with Crippen LogP contribution in [-0.2, 0) is 13.1 Å². The minimum atomic E-state index is -0.167. The van der Waals surface area contributed by atoms with Crippen LogP contribution in [0.5, 0.6) is 0 Å². The van der Waals surface area contributed by atoms with E-state index in [4.69, 9.17) is 0 Å². The van der Waals surface area contributed by atoms with Crippen molar-refractivity contribution in [3.8, 4) is 5.69 Å². The fourth-order valence-electron chi connectivity index (χ4n) is 3.50. The van der Waals surface area contributed by atoms with Crippen LogP contribution in [0, 0.1) is 6.92 Å². The lowest BCUT2D eigenvalue weighted by atomic mass is 10.1. The topological polar surface area (TPSA) is 63.1 Å². The van der Waals surface area contributed by atoms with Crippen molar-refractivity contribution in [3.05, 3.63) is 77.1 Å². The van der Waals surface area contributed by atoms with Gasteiger partial charge in [-0.05, 0) is 36.6 Å². The maximum absolute atomic E-state index is 12.4. The monoisotopic (exact) mass is 397 g/mol. The molecule has 3 aromatic rings. The molecule has 1 amide bonds. The highest BCUT2D eigenvalue weighted by atomic mass is 35.5. The molecule has 0 saturated carbocycles. The Kier molecular flexibility index (Phi) is 6.44. The summed E-state index contributed by atoms with van der Waals surface area (Å²) in [6.07, 6.45) is 0.908. The van der Waals surface area contributed by atoms with E-state index in [0.717, 1.165) is 37.4 Å². The van der Waals surface area contributed by atoms with E-state index >= 15 is 0 Å². The molecule has 0 bridgehead atoms. The van der Waals surface area contributed by atoms with E-state index in [1.807, 2.05) is 37.3 Å². The fraction of sp³-hybridized carbons (Fsp3) is 0.286. The Morgan fingerprint density at radius 3 is 2.36 bits per heavy atom. The van der Waals surface area contributed by atoms with Gasteiger partial charge in [0.15, 0.2) is 5.69 Å². The van der Waals surface area contributed by atoms with Gasteiger partial charge in [-0.25, -0.2) is 4.68 Å². The minimum absolute atomic E-state index is 0. The molecule has 4 rings (SSSR count). The van der Waals surface area contributed by atoms with Crippen molar-refractivity contribution in [2.24, 2.45) is 0 Å². The third kappa shape index (κ3) is 4.24. The van der Waals surface area contributed by atoms with Gasteiger partial charge in [0, 0.05) is 26.2 Å². The summed E-state index contributed by atoms with van der Waals surface area (Å²) in [5.74, 6) is -0.167. The molecule has 0 unspecified atom stereocenters. The van der Waals surface area contributed by atoms with E-state index in [0.29, 0.717) is 12.2 Å². The first-order chi connectivity index (χ1) is 13.2. The average molecular weight is 398 g/mol. The molecule has 6 nitrogen and oxygen atoms in total. The van der Waals surface area contributed by atoms with E-state index in [1.165, 1.54) is 11.1 Å². The molecule has 28 heavy (non-hydrogen) atoms. The van der Waals surface area contributed by atoms with Crippen LogP contribution in [0.25, 0.3) is 5.69 Å². The van der Waals surface area contributed by atoms with E-state index < -0.39 is 0 Å². The van der Waals surface area contributed by atoms with Crippen molar-refractivity contribution in [2.45, 2.75) is 26.4 Å². The lowest BCUT2D eigenvalue weighted by Gasteiger charge is -2.14. The number of halogens is 1. The number of hydrogen-bond acceptors (Lipinski definition) is 4. The zero-order valence-electron chi connectivity index (χ0n) is 15.8. The summed E-state index contributed by atoms with van der Waals surface area (Å²) >= 11 is 0. The number of fused-ring (bicyclic) bond motifs is 1. The van der Waals surface area contributed by atoms with Crippen molar-refractivity contribution in [1.29, 1.82) is 0 Å². The summed E-state index contributed by atoms with van der Waals surface area (Å²) in [4.78, 5) is 14.9. The van der Waals surface area contributed by atoms with E-state index in [2.05, 4.69) is 44.8 Å². The molecule has 1 aliphatic heterocycles. The number of para-hydroxylation sites is 1. The van der Waals surface area contributed by atoms with Gasteiger partial charge in [-0.2, -0.15) is 0 Å². The normalized spacial score (nSPS) is 13.0. The van der Waals surface area contributed by atoms with Crippen LogP contribution in [0.2, 0.25) is 0 Å². The molecule has 0 aliphatic carbocycles. The first-order valence-electron chi connectivity index (χ1n) is 9.27. The van der Waals surface area contributed by atoms with Crippen LogP contribution in [0.4, 0.5) is 0 Å². The molecule has 1 aromatic heterocycles. The van der Waals surface area contributed by atoms with Gasteiger partial charge in [-0.3, -0.25) is 9.69 Å². The Morgan fingerprint density at radius 2 is 1.68 bits per heavy atom. The quantitative estimate of drug-likeness (QED) is 0.649. The Morgan fingerprint density at radius 1 is 1.04 bits per heavy atom. The summed E-state index contributed by atoms with van der Waals surface area (Å²) in [7, 11) is 0. The maximum Gasteiger partial charge on any atom is 0.273 e. The van der Waals surface area contributed by atoms with Gasteiger partial charge < -0.3 is 5.32 Å². The minimum Gasteiger partial charge on any atom is -0.351 e. The molecule has 0 saturated heterocycles. The van der Waals surface area contributed by atoms with Crippen molar-refractivity contribution in [1.82, 2.24) is 25.2 Å². The van der Waals surface area contributed by atoms with Crippen molar-refractivity contribution < 1.29 is 4.79 Å². The van der Waals surface area contributed by atoms with Gasteiger partial charge >= 0.3 is 0 Å². The summed E-state index contributed by atoms with van der Waals surface area (Å²) in [5, 5.41) is 11.2. The molecule has 2 aromatic carbocycles. The Bertz CT molecular complexity index is 916. The number of hydrogen-bond donors (Lipinski definition) is 1. The molecule has 0 atom stereocenters. The standard InChI is InChI=1S/C21H23N5O.ClH/c1-16-20(23-24-26(16)19-10-3-2-4-11-19)21(27)22-12-7-13-25-14-17-8-5-6-9-18(17)15-25;/h2-6,8-11H,7,12-15H2,1H3,(H,22,27);1H. The molecule has 0 fully saturated rings. The highest BCUT2D eigenvalue weighted by Crippen LogP contribution is 2.21. The van der Waals surface area contributed by atoms with Crippen LogP contribution in [0.3, 0.4) is 0 Å². The van der Waals surface area contributed by atoms with E-state index in [-0.39, 0.29) is 18.3 Å². The average Bonchev–Trinajstić information content (AvgIpc) is 3.29. The van der Waals surface area contributed by atoms with Gasteiger partial charge in [-0.1, -0.05) is 47.7 Å². The fourth-order valence-corrected chi connectivity index (χ4v) is 3.50. The van der Waals surface area contributed by atoms with Gasteiger partial charge in [-0.15, -0.1) is 17.5 Å². The van der Waals surface area contributed by atoms with E-state index in [9.17, 15) is 4.79 Å². The number of amides is 1. The molecule has 1 N–H and O–H groups in total. The molecule has 7 heteroatoms. The predicted molar refractivity (Wildman–Crippen MR) is 111 cm³/mol. The maximum atomic E-state index is 12.4. The molecular weight excluding hydrogens is 374 g/mol. The zero-order valence-corrected chi connectivity index (χ0v) is 16.7. The van der Waals surface area contributed by atoms with Crippen LogP contribution in [-0.4, -0.2) is 38.9 Å². The highest BCUT2D eigenvalue weighted by Gasteiger charge is 2.19. The van der Waals surface area contributed by atoms with Gasteiger partial charge in [0.1, 0.15) is 0 Å². The lowest BCUT2D eigenvalue weighted by Crippen LogP contribution is -2.28. The van der Waals surface area contributed by atoms with E-state index in [1.54, 1.807) is 4.68 Å². The third-order valence-electron chi connectivity index (χ3n) is 4.95. The van der Waals surface area contributed by atoms with Crippen LogP contribution >= 0.6 is 12.4 Å². The predicted octanol–water partition coefficient (Wildman–Crippen LogP) is 3.13. The summed E-state index contributed by atoms with van der Waals surface area (Å²) in [6.45, 7) is 5.45. The highest BCUT2D eigenvalue weighted by molar-refractivity contribution is 5.93. The number of nitrogens with zero attached hydrogens (tertiary/aromatic N) is 4. The largest absolute Gasteiger partial charge is 0.351 e. The number of nitrogens with one attached hydrogen (secondary N) is 1. The lowest BCUT2D eigenvalue weighted by molar-refractivity contribution is 0.0946. The number of carbonyl (C=O) groups is 1. The molecule has 0 spiro atoms. The second-order valence-electron chi connectivity index (χ2n) is 6.86. The van der Waals surface area contributed by atoms with Crippen LogP contribution in [0.15, 0.2) is 54.6 Å². The smallest absolute Gasteiger partial charge is 0.273 e. The van der Waals surface area contributed by atoms with Crippen molar-refractivity contribution in [3.63, 3.8) is 0 Å². The van der Waals surface area contributed by atoms with Crippen molar-refractivity contribution >= 4 is 18.3 Å². The van der Waals surface area contributed by atoms with Crippen molar-refractivity contribution in [2.75, 3.05) is 13.1 Å². The number of carbonyl (C=O) groups excluding carboxylic acids is 1. The Hall–Kier alpha value is -2.70. The number of benzene rings is 2. The zero-order chi connectivity index (χ0) is 18.6. The number of aromatic nitrogens is 3. The van der Waals surface area contributed by atoms with Gasteiger partial charge in [0.25, 0.3) is 5.91 Å². The second kappa shape index (κ2) is 8.99. The molecule has 2 heterocycles. The van der Waals surface area contributed by atoms with Crippen LogP contribution < -0.4 is 5.32 Å². The van der Waals surface area contributed by atoms with Gasteiger partial charge in [0.2, 0.25) is 0 Å². The first kappa shape index (κ1) is 20.0. The SMILES string of the molecule is Cc1c(C(=O)NCCCN2Cc3ccccc3C2)nnn1-c1ccccc1.Cl. The number of rotatable bonds is 6. The molecule has 146 valence electrons. The summed E-state index contributed by atoms with van der Waals surface area (Å²) in [5.41, 5.74) is 4.85. The van der Waals surface area contributed by atoms with Crippen LogP contribution in [0.1, 0.15) is 33.7 Å². The third-order valence-corrected chi connectivity index (χ3v) is 4.95. The molecule has 0 radical (unpaired) electrons. The summed E-state index contributed by atoms with van der Waals surface area (Å²) in [6, 6.07) is 18.3. The van der Waals surface area contributed by atoms with Gasteiger partial charge in [0.05, 0.1) is 11.4 Å². The molecular formula is C21H24ClN5O. The first-order valence-corrected chi connectivity index (χ1v) is 9.27. The second-order valence-corrected chi connectivity index (χ2v) is 6.86. The Balaban J connectivity index is 0.00000225.